The fourth-order valence-corrected chi connectivity index (χ4v) is 11.7. The van der Waals surface area contributed by atoms with Gasteiger partial charge in [0.25, 0.3) is 0 Å². The molecule has 0 radical (unpaired) electrons. The zero-order chi connectivity index (χ0) is 37.9. The highest BCUT2D eigenvalue weighted by molar-refractivity contribution is 7.26. The second-order valence-electron chi connectivity index (χ2n) is 15.3. The van der Waals surface area contributed by atoms with E-state index in [9.17, 15) is 0 Å². The van der Waals surface area contributed by atoms with Gasteiger partial charge in [-0.1, -0.05) is 115 Å². The van der Waals surface area contributed by atoms with Gasteiger partial charge in [0.05, 0.1) is 22.1 Å². The first kappa shape index (κ1) is 32.1. The van der Waals surface area contributed by atoms with Crippen molar-refractivity contribution in [2.75, 3.05) is 0 Å². The number of rotatable bonds is 4. The van der Waals surface area contributed by atoms with E-state index in [2.05, 4.69) is 203 Å². The lowest BCUT2D eigenvalue weighted by atomic mass is 9.99. The normalized spacial score (nSPS) is 12.1. The van der Waals surface area contributed by atoms with Crippen LogP contribution in [0.15, 0.2) is 194 Å². The topological polar surface area (TPSA) is 9.86 Å². The molecule has 2 nitrogen and oxygen atoms in total. The Kier molecular flexibility index (Phi) is 6.79. The van der Waals surface area contributed by atoms with E-state index in [0.29, 0.717) is 0 Å². The van der Waals surface area contributed by atoms with Gasteiger partial charge in [-0.25, -0.2) is 0 Å². The molecule has 0 spiro atoms. The Labute approximate surface area is 341 Å². The molecule has 0 bridgehead atoms. The van der Waals surface area contributed by atoms with Crippen LogP contribution in [-0.2, 0) is 0 Å². The van der Waals surface area contributed by atoms with Gasteiger partial charge in [-0.2, -0.15) is 0 Å². The van der Waals surface area contributed by atoms with Crippen LogP contribution >= 0.6 is 22.7 Å². The van der Waals surface area contributed by atoms with Gasteiger partial charge in [-0.15, -0.1) is 22.7 Å². The zero-order valence-corrected chi connectivity index (χ0v) is 32.8. The first-order valence-electron chi connectivity index (χ1n) is 19.7. The fourth-order valence-electron chi connectivity index (χ4n) is 9.43. The smallest absolute Gasteiger partial charge is 0.0541 e. The molecule has 4 heteroatoms. The van der Waals surface area contributed by atoms with E-state index in [1.165, 1.54) is 118 Å². The van der Waals surface area contributed by atoms with Gasteiger partial charge in [-0.05, 0) is 101 Å². The molecule has 0 fully saturated rings. The predicted molar refractivity (Wildman–Crippen MR) is 252 cm³/mol. The monoisotopic (exact) mass is 772 g/mol. The van der Waals surface area contributed by atoms with Gasteiger partial charge in [-0.3, -0.25) is 0 Å². The highest BCUT2D eigenvalue weighted by Gasteiger charge is 2.18. The summed E-state index contributed by atoms with van der Waals surface area (Å²) in [5.74, 6) is 0. The second-order valence-corrected chi connectivity index (χ2v) is 17.5. The van der Waals surface area contributed by atoms with Gasteiger partial charge >= 0.3 is 0 Å². The Balaban J connectivity index is 1.00. The molecule has 13 aromatic rings. The summed E-state index contributed by atoms with van der Waals surface area (Å²) in [5.41, 5.74) is 12.1. The van der Waals surface area contributed by atoms with Crippen LogP contribution in [0.5, 0.6) is 0 Å². The largest absolute Gasteiger partial charge is 0.309 e. The average Bonchev–Trinajstić information content (AvgIpc) is 4.03. The van der Waals surface area contributed by atoms with E-state index in [4.69, 9.17) is 0 Å². The quantitative estimate of drug-likeness (QED) is 0.169. The molecule has 4 aromatic heterocycles. The van der Waals surface area contributed by atoms with Crippen molar-refractivity contribution in [2.45, 2.75) is 0 Å². The Morgan fingerprint density at radius 1 is 0.241 bits per heavy atom. The summed E-state index contributed by atoms with van der Waals surface area (Å²) in [4.78, 5) is 0. The number of hydrogen-bond donors (Lipinski definition) is 0. The van der Waals surface area contributed by atoms with Gasteiger partial charge in [0.15, 0.2) is 0 Å². The molecule has 0 atom stereocenters. The summed E-state index contributed by atoms with van der Waals surface area (Å²) in [6.07, 6.45) is 0. The maximum Gasteiger partial charge on any atom is 0.0541 e. The molecule has 0 amide bonds. The third-order valence-electron chi connectivity index (χ3n) is 12.1. The van der Waals surface area contributed by atoms with Crippen LogP contribution in [0.25, 0.3) is 118 Å². The third-order valence-corrected chi connectivity index (χ3v) is 14.4. The minimum absolute atomic E-state index is 1.18. The highest BCUT2D eigenvalue weighted by Crippen LogP contribution is 2.42. The van der Waals surface area contributed by atoms with E-state index >= 15 is 0 Å². The lowest BCUT2D eigenvalue weighted by Crippen LogP contribution is -1.93. The molecule has 0 saturated heterocycles. The molecule has 0 aliphatic heterocycles. The van der Waals surface area contributed by atoms with Crippen molar-refractivity contribution >= 4 is 107 Å². The Hall–Kier alpha value is -6.98. The summed E-state index contributed by atoms with van der Waals surface area (Å²) in [6.45, 7) is 0. The molecule has 0 saturated carbocycles. The van der Waals surface area contributed by atoms with Crippen LogP contribution in [0.1, 0.15) is 0 Å². The van der Waals surface area contributed by atoms with Crippen LogP contribution in [0.3, 0.4) is 0 Å². The minimum Gasteiger partial charge on any atom is -0.309 e. The van der Waals surface area contributed by atoms with Crippen LogP contribution in [-0.4, -0.2) is 9.13 Å². The van der Waals surface area contributed by atoms with Crippen molar-refractivity contribution in [3.05, 3.63) is 194 Å². The second kappa shape index (κ2) is 12.3. The Bertz CT molecular complexity index is 3800. The number of para-hydroxylation sites is 1. The number of thiophene rings is 2. The van der Waals surface area contributed by atoms with Crippen LogP contribution in [0.2, 0.25) is 0 Å². The number of nitrogens with zero attached hydrogens (tertiary/aromatic N) is 2. The van der Waals surface area contributed by atoms with Crippen molar-refractivity contribution in [2.24, 2.45) is 0 Å². The van der Waals surface area contributed by atoms with Crippen molar-refractivity contribution < 1.29 is 0 Å². The molecule has 13 rings (SSSR count). The van der Waals surface area contributed by atoms with Crippen LogP contribution < -0.4 is 0 Å². The van der Waals surface area contributed by atoms with Crippen molar-refractivity contribution in [3.8, 4) is 33.6 Å². The summed E-state index contributed by atoms with van der Waals surface area (Å²) in [7, 11) is 0. The van der Waals surface area contributed by atoms with Crippen molar-refractivity contribution in [1.82, 2.24) is 9.13 Å². The fraction of sp³-hybridized carbons (Fsp3) is 0. The molecular weight excluding hydrogens is 741 g/mol. The molecule has 58 heavy (non-hydrogen) atoms. The Morgan fingerprint density at radius 2 is 0.638 bits per heavy atom. The Morgan fingerprint density at radius 3 is 1.17 bits per heavy atom. The first-order valence-corrected chi connectivity index (χ1v) is 21.4. The highest BCUT2D eigenvalue weighted by atomic mass is 32.1. The lowest BCUT2D eigenvalue weighted by molar-refractivity contribution is 1.19. The zero-order valence-electron chi connectivity index (χ0n) is 31.2. The first-order chi connectivity index (χ1) is 28.7. The van der Waals surface area contributed by atoms with Crippen LogP contribution in [0, 0.1) is 0 Å². The van der Waals surface area contributed by atoms with E-state index in [-0.39, 0.29) is 0 Å². The molecule has 270 valence electrons. The molecule has 0 unspecified atom stereocenters. The van der Waals surface area contributed by atoms with Crippen LogP contribution in [0.4, 0.5) is 0 Å². The van der Waals surface area contributed by atoms with Crippen molar-refractivity contribution in [1.29, 1.82) is 0 Å². The minimum atomic E-state index is 1.18. The number of hydrogen-bond acceptors (Lipinski definition) is 2. The molecule has 0 aliphatic carbocycles. The molecule has 4 heterocycles. The maximum atomic E-state index is 2.46. The van der Waals surface area contributed by atoms with Gasteiger partial charge in [0.1, 0.15) is 0 Å². The molecule has 0 N–H and O–H groups in total. The van der Waals surface area contributed by atoms with E-state index < -0.39 is 0 Å². The van der Waals surface area contributed by atoms with Gasteiger partial charge in [0, 0.05) is 73.3 Å². The predicted octanol–water partition coefficient (Wildman–Crippen LogP) is 16.0. The summed E-state index contributed by atoms with van der Waals surface area (Å²) >= 11 is 3.74. The summed E-state index contributed by atoms with van der Waals surface area (Å²) < 4.78 is 10.2. The number of aromatic nitrogens is 2. The van der Waals surface area contributed by atoms with E-state index in [0.717, 1.165) is 0 Å². The molecule has 0 aliphatic rings. The van der Waals surface area contributed by atoms with Gasteiger partial charge < -0.3 is 9.13 Å². The van der Waals surface area contributed by atoms with E-state index in [1.54, 1.807) is 0 Å². The lowest BCUT2D eigenvalue weighted by Gasteiger charge is -2.10. The van der Waals surface area contributed by atoms with E-state index in [1.807, 2.05) is 22.7 Å². The SMILES string of the molecule is c1ccc(-c2ccc3c(c2)c2cc(-c4ccc5c(c4)c4ccccc4n5-c4ccc5c(c4)sc4ccccc45)ccc2n3-c2ccc3c(c2)sc2ccccc23)cc1. The van der Waals surface area contributed by atoms with Gasteiger partial charge in [0.2, 0.25) is 0 Å². The standard InChI is InChI=1S/C54H32N2S2/c1-2-10-33(11-3-1)34-18-25-49-45(28-34)46-30-36(20-27-50(46)56(49)38-22-24-43-41-14-6-9-17-52(41)58-54(43)32-38)35-19-26-48-44(29-35)39-12-4-7-15-47(39)55(48)37-21-23-42-40-13-5-8-16-51(40)57-53(42)31-37/h1-32H. The summed E-state index contributed by atoms with van der Waals surface area (Å²) in [6, 6.07) is 72.0. The van der Waals surface area contributed by atoms with Crippen molar-refractivity contribution in [3.63, 3.8) is 0 Å². The number of fused-ring (bicyclic) bond motifs is 12. The maximum absolute atomic E-state index is 2.46. The average molecular weight is 773 g/mol. The summed E-state index contributed by atoms with van der Waals surface area (Å²) in [5, 5.41) is 10.3. The number of benzene rings is 9. The molecule has 9 aromatic carbocycles. The third kappa shape index (κ3) is 4.70. The molecular formula is C54H32N2S2.